The molecule has 0 spiro atoms. The summed E-state index contributed by atoms with van der Waals surface area (Å²) in [5.41, 5.74) is 5.94. The number of carbonyl (C=O) groups is 2. The van der Waals surface area contributed by atoms with Gasteiger partial charge < -0.3 is 4.90 Å². The second kappa shape index (κ2) is 7.75. The van der Waals surface area contributed by atoms with Crippen LogP contribution in [0.4, 0.5) is 5.69 Å². The number of nitrogens with zero attached hydrogens (tertiary/aromatic N) is 2. The van der Waals surface area contributed by atoms with Gasteiger partial charge in [-0.2, -0.15) is 0 Å². The molecule has 4 rings (SSSR count). The molecule has 1 fully saturated rings. The topological polar surface area (TPSA) is 40.6 Å². The monoisotopic (exact) mass is 402 g/mol. The fraction of sp³-hybridized carbons (Fsp3) is 0.385. The Bertz CT molecular complexity index is 1030. The van der Waals surface area contributed by atoms with Crippen LogP contribution in [0, 0.1) is 32.6 Å². The summed E-state index contributed by atoms with van der Waals surface area (Å²) in [6.07, 6.45) is 1.15. The van der Waals surface area contributed by atoms with Gasteiger partial charge in [-0.1, -0.05) is 49.7 Å². The summed E-state index contributed by atoms with van der Waals surface area (Å²) in [5.74, 6) is 0.531. The van der Waals surface area contributed by atoms with E-state index in [1.807, 2.05) is 56.3 Å². The normalized spacial score (nSPS) is 22.3. The molecular formula is C26H30N2O2. The van der Waals surface area contributed by atoms with E-state index in [1.54, 1.807) is 0 Å². The highest BCUT2D eigenvalue weighted by Crippen LogP contribution is 2.37. The fourth-order valence-corrected chi connectivity index (χ4v) is 4.74. The minimum Gasteiger partial charge on any atom is -0.366 e. The van der Waals surface area contributed by atoms with Gasteiger partial charge in [-0.15, -0.1) is 0 Å². The zero-order valence-corrected chi connectivity index (χ0v) is 18.5. The number of piperidine rings is 1. The molecule has 2 aliphatic rings. The first-order valence-corrected chi connectivity index (χ1v) is 10.8. The summed E-state index contributed by atoms with van der Waals surface area (Å²) in [7, 11) is 0. The van der Waals surface area contributed by atoms with E-state index in [4.69, 9.17) is 0 Å². The molecule has 1 saturated heterocycles. The molecule has 2 heterocycles. The molecule has 0 aliphatic carbocycles. The van der Waals surface area contributed by atoms with Gasteiger partial charge in [-0.25, -0.2) is 4.90 Å². The average Bonchev–Trinajstić information content (AvgIpc) is 2.94. The van der Waals surface area contributed by atoms with E-state index in [0.717, 1.165) is 36.2 Å². The van der Waals surface area contributed by atoms with E-state index in [-0.39, 0.29) is 11.8 Å². The Balaban J connectivity index is 1.85. The van der Waals surface area contributed by atoms with Crippen LogP contribution in [-0.4, -0.2) is 29.8 Å². The van der Waals surface area contributed by atoms with Crippen molar-refractivity contribution < 1.29 is 9.59 Å². The van der Waals surface area contributed by atoms with Gasteiger partial charge in [0.05, 0.1) is 11.3 Å². The SMILES string of the molecule is Cc1ccc(N2C(=O)C(c3ccc(C)c(C)c3)=C(N3CC(C)CC(C)C3)C2=O)cc1. The standard InChI is InChI=1S/C26H30N2O2/c1-16-6-10-22(11-7-16)28-25(29)23(21-9-8-19(4)20(5)13-21)24(26(28)30)27-14-17(2)12-18(3)15-27/h6-11,13,17-18H,12,14-15H2,1-5H3. The van der Waals surface area contributed by atoms with E-state index in [2.05, 4.69) is 25.7 Å². The summed E-state index contributed by atoms with van der Waals surface area (Å²) in [6, 6.07) is 13.6. The molecule has 2 atom stereocenters. The van der Waals surface area contributed by atoms with E-state index in [9.17, 15) is 9.59 Å². The third-order valence-electron chi connectivity index (χ3n) is 6.33. The number of likely N-dealkylation sites (tertiary alicyclic amines) is 1. The molecule has 2 aliphatic heterocycles. The molecule has 4 heteroatoms. The minimum absolute atomic E-state index is 0.210. The van der Waals surface area contributed by atoms with Gasteiger partial charge in [-0.05, 0) is 67.9 Å². The van der Waals surface area contributed by atoms with E-state index < -0.39 is 0 Å². The van der Waals surface area contributed by atoms with Crippen LogP contribution >= 0.6 is 0 Å². The Kier molecular flexibility index (Phi) is 5.27. The average molecular weight is 403 g/mol. The van der Waals surface area contributed by atoms with Crippen LogP contribution in [0.25, 0.3) is 5.57 Å². The van der Waals surface area contributed by atoms with Gasteiger partial charge in [-0.3, -0.25) is 9.59 Å². The van der Waals surface area contributed by atoms with Crippen molar-refractivity contribution in [3.8, 4) is 0 Å². The first kappa shape index (κ1) is 20.4. The van der Waals surface area contributed by atoms with Crippen LogP contribution in [0.5, 0.6) is 0 Å². The fourth-order valence-electron chi connectivity index (χ4n) is 4.74. The lowest BCUT2D eigenvalue weighted by Gasteiger charge is -2.37. The molecule has 0 saturated carbocycles. The van der Waals surface area contributed by atoms with Crippen molar-refractivity contribution in [3.63, 3.8) is 0 Å². The number of imide groups is 1. The lowest BCUT2D eigenvalue weighted by Crippen LogP contribution is -2.42. The van der Waals surface area contributed by atoms with Crippen molar-refractivity contribution in [2.45, 2.75) is 41.0 Å². The smallest absolute Gasteiger partial charge is 0.282 e. The van der Waals surface area contributed by atoms with Crippen molar-refractivity contribution in [2.75, 3.05) is 18.0 Å². The summed E-state index contributed by atoms with van der Waals surface area (Å²) in [4.78, 5) is 30.8. The number of hydrogen-bond donors (Lipinski definition) is 0. The highest BCUT2D eigenvalue weighted by Gasteiger charge is 2.43. The molecule has 0 aromatic heterocycles. The van der Waals surface area contributed by atoms with Gasteiger partial charge >= 0.3 is 0 Å². The quantitative estimate of drug-likeness (QED) is 0.688. The summed E-state index contributed by atoms with van der Waals surface area (Å²) < 4.78 is 0. The summed E-state index contributed by atoms with van der Waals surface area (Å²) >= 11 is 0. The van der Waals surface area contributed by atoms with Gasteiger partial charge in [0.1, 0.15) is 5.70 Å². The van der Waals surface area contributed by atoms with Crippen LogP contribution in [0.3, 0.4) is 0 Å². The maximum atomic E-state index is 13.7. The molecule has 0 radical (unpaired) electrons. The van der Waals surface area contributed by atoms with Crippen LogP contribution in [0.2, 0.25) is 0 Å². The third kappa shape index (κ3) is 3.55. The molecule has 4 nitrogen and oxygen atoms in total. The first-order valence-electron chi connectivity index (χ1n) is 10.8. The Labute approximate surface area is 179 Å². The number of rotatable bonds is 3. The number of aryl methyl sites for hydroxylation is 3. The second-order valence-corrected chi connectivity index (χ2v) is 9.15. The van der Waals surface area contributed by atoms with Gasteiger partial charge in [0, 0.05) is 13.1 Å². The summed E-state index contributed by atoms with van der Waals surface area (Å²) in [5, 5.41) is 0. The highest BCUT2D eigenvalue weighted by molar-refractivity contribution is 6.45. The van der Waals surface area contributed by atoms with E-state index >= 15 is 0 Å². The largest absolute Gasteiger partial charge is 0.366 e. The summed E-state index contributed by atoms with van der Waals surface area (Å²) in [6.45, 7) is 12.1. The highest BCUT2D eigenvalue weighted by atomic mass is 16.2. The zero-order valence-electron chi connectivity index (χ0n) is 18.5. The third-order valence-corrected chi connectivity index (χ3v) is 6.33. The molecule has 2 aromatic carbocycles. The maximum absolute atomic E-state index is 13.7. The first-order chi connectivity index (χ1) is 14.3. The van der Waals surface area contributed by atoms with Crippen LogP contribution in [0.15, 0.2) is 48.2 Å². The van der Waals surface area contributed by atoms with Crippen LogP contribution in [-0.2, 0) is 9.59 Å². The van der Waals surface area contributed by atoms with Gasteiger partial charge in [0.15, 0.2) is 0 Å². The molecule has 30 heavy (non-hydrogen) atoms. The van der Waals surface area contributed by atoms with Crippen LogP contribution in [0.1, 0.15) is 42.5 Å². The Hall–Kier alpha value is -2.88. The van der Waals surface area contributed by atoms with Crippen LogP contribution < -0.4 is 4.90 Å². The zero-order chi connectivity index (χ0) is 21.6. The predicted molar refractivity (Wildman–Crippen MR) is 121 cm³/mol. The molecule has 0 N–H and O–H groups in total. The Morgan fingerprint density at radius 2 is 1.43 bits per heavy atom. The van der Waals surface area contributed by atoms with E-state index in [1.165, 1.54) is 10.5 Å². The number of benzene rings is 2. The van der Waals surface area contributed by atoms with Crippen molar-refractivity contribution >= 4 is 23.1 Å². The number of hydrogen-bond acceptors (Lipinski definition) is 3. The maximum Gasteiger partial charge on any atom is 0.282 e. The van der Waals surface area contributed by atoms with Crippen molar-refractivity contribution in [3.05, 3.63) is 70.4 Å². The molecule has 0 bridgehead atoms. The molecule has 2 unspecified atom stereocenters. The second-order valence-electron chi connectivity index (χ2n) is 9.15. The molecule has 2 aromatic rings. The van der Waals surface area contributed by atoms with Crippen molar-refractivity contribution in [2.24, 2.45) is 11.8 Å². The Morgan fingerprint density at radius 1 is 0.800 bits per heavy atom. The molecule has 156 valence electrons. The number of anilines is 1. The number of amides is 2. The lowest BCUT2D eigenvalue weighted by molar-refractivity contribution is -0.120. The van der Waals surface area contributed by atoms with Gasteiger partial charge in [0.25, 0.3) is 11.8 Å². The van der Waals surface area contributed by atoms with Crippen molar-refractivity contribution in [1.29, 1.82) is 0 Å². The predicted octanol–water partition coefficient (Wildman–Crippen LogP) is 4.87. The number of carbonyl (C=O) groups excluding carboxylic acids is 2. The lowest BCUT2D eigenvalue weighted by atomic mass is 9.90. The van der Waals surface area contributed by atoms with Crippen molar-refractivity contribution in [1.82, 2.24) is 4.90 Å². The molecular weight excluding hydrogens is 372 g/mol. The van der Waals surface area contributed by atoms with E-state index in [0.29, 0.717) is 28.8 Å². The van der Waals surface area contributed by atoms with Gasteiger partial charge in [0.2, 0.25) is 0 Å². The Morgan fingerprint density at radius 3 is 2.03 bits per heavy atom. The minimum atomic E-state index is -0.229. The molecule has 2 amide bonds.